The van der Waals surface area contributed by atoms with Gasteiger partial charge in [-0.25, -0.2) is 9.78 Å². The van der Waals surface area contributed by atoms with Gasteiger partial charge in [-0.05, 0) is 12.1 Å². The average molecular weight is 368 g/mol. The molecule has 0 spiro atoms. The van der Waals surface area contributed by atoms with E-state index in [1.807, 2.05) is 29.6 Å². The Kier molecular flexibility index (Phi) is 4.26. The van der Waals surface area contributed by atoms with Crippen molar-refractivity contribution in [1.29, 1.82) is 0 Å². The fraction of sp³-hybridized carbons (Fsp3) is 0.222. The number of anilines is 1. The number of pyridine rings is 1. The van der Waals surface area contributed by atoms with Gasteiger partial charge in [0.05, 0.1) is 10.9 Å². The lowest BCUT2D eigenvalue weighted by Crippen LogP contribution is -2.30. The summed E-state index contributed by atoms with van der Waals surface area (Å²) in [6.07, 6.45) is 4.08. The highest BCUT2D eigenvalue weighted by Gasteiger charge is 2.41. The van der Waals surface area contributed by atoms with Crippen LogP contribution in [0.5, 0.6) is 0 Å². The van der Waals surface area contributed by atoms with E-state index in [9.17, 15) is 14.7 Å². The van der Waals surface area contributed by atoms with Crippen molar-refractivity contribution in [2.45, 2.75) is 5.92 Å². The number of hydrogen-bond donors (Lipinski definition) is 2. The van der Waals surface area contributed by atoms with Crippen LogP contribution in [0, 0.1) is 5.92 Å². The first-order valence-electron chi connectivity index (χ1n) is 8.14. The minimum atomic E-state index is -1.02. The molecular formula is C18H16N4O3S. The van der Waals surface area contributed by atoms with E-state index in [1.54, 1.807) is 18.6 Å². The van der Waals surface area contributed by atoms with Gasteiger partial charge in [-0.3, -0.25) is 9.78 Å². The number of likely N-dealkylation sites (tertiary alicyclic amines) is 1. The van der Waals surface area contributed by atoms with E-state index >= 15 is 0 Å². The van der Waals surface area contributed by atoms with Gasteiger partial charge >= 0.3 is 6.09 Å². The molecule has 1 aliphatic rings. The second kappa shape index (κ2) is 6.72. The lowest BCUT2D eigenvalue weighted by molar-refractivity contribution is -0.119. The topological polar surface area (TPSA) is 95.4 Å². The first-order chi connectivity index (χ1) is 12.6. The minimum absolute atomic E-state index is 0.164. The number of carbonyl (C=O) groups is 2. The number of fused-ring (bicyclic) bond motifs is 1. The molecule has 0 bridgehead atoms. The molecule has 2 atom stereocenters. The Bertz CT molecular complexity index is 955. The van der Waals surface area contributed by atoms with Crippen molar-refractivity contribution < 1.29 is 14.7 Å². The first-order valence-corrected chi connectivity index (χ1v) is 9.02. The van der Waals surface area contributed by atoms with Crippen LogP contribution < -0.4 is 5.32 Å². The van der Waals surface area contributed by atoms with Crippen molar-refractivity contribution in [3.05, 3.63) is 53.2 Å². The molecule has 26 heavy (non-hydrogen) atoms. The molecule has 2 amide bonds. The predicted octanol–water partition coefficient (Wildman–Crippen LogP) is 3.02. The van der Waals surface area contributed by atoms with Crippen LogP contribution in [-0.4, -0.2) is 45.1 Å². The van der Waals surface area contributed by atoms with E-state index in [0.717, 1.165) is 15.8 Å². The largest absolute Gasteiger partial charge is 0.465 e. The zero-order chi connectivity index (χ0) is 18.1. The maximum atomic E-state index is 13.0. The van der Waals surface area contributed by atoms with Gasteiger partial charge in [0.15, 0.2) is 0 Å². The zero-order valence-electron chi connectivity index (χ0n) is 13.7. The number of carbonyl (C=O) groups excluding carboxylic acids is 1. The second-order valence-electron chi connectivity index (χ2n) is 6.16. The van der Waals surface area contributed by atoms with E-state index in [1.165, 1.54) is 16.2 Å². The monoisotopic (exact) mass is 368 g/mol. The molecule has 2 aromatic heterocycles. The Morgan fingerprint density at radius 1 is 1.23 bits per heavy atom. The third-order valence-corrected chi connectivity index (χ3v) is 5.54. The molecule has 2 N–H and O–H groups in total. The first kappa shape index (κ1) is 16.5. The van der Waals surface area contributed by atoms with Crippen LogP contribution >= 0.6 is 11.3 Å². The summed E-state index contributed by atoms with van der Waals surface area (Å²) in [5.41, 5.74) is 0.696. The lowest BCUT2D eigenvalue weighted by atomic mass is 9.95. The minimum Gasteiger partial charge on any atom is -0.465 e. The highest BCUT2D eigenvalue weighted by molar-refractivity contribution is 7.09. The summed E-state index contributed by atoms with van der Waals surface area (Å²) in [5.74, 6) is -0.907. The predicted molar refractivity (Wildman–Crippen MR) is 98.3 cm³/mol. The highest BCUT2D eigenvalue weighted by Crippen LogP contribution is 2.35. The summed E-state index contributed by atoms with van der Waals surface area (Å²) in [7, 11) is 0. The van der Waals surface area contributed by atoms with Gasteiger partial charge < -0.3 is 15.3 Å². The summed E-state index contributed by atoms with van der Waals surface area (Å²) in [6, 6.07) is 7.47. The van der Waals surface area contributed by atoms with Gasteiger partial charge in [-0.15, -0.1) is 11.3 Å². The van der Waals surface area contributed by atoms with Gasteiger partial charge in [-0.2, -0.15) is 0 Å². The molecule has 0 aliphatic carbocycles. The van der Waals surface area contributed by atoms with Gasteiger partial charge in [0.1, 0.15) is 0 Å². The molecule has 3 heterocycles. The summed E-state index contributed by atoms with van der Waals surface area (Å²) in [4.78, 5) is 34.0. The number of thiazole rings is 1. The van der Waals surface area contributed by atoms with Crippen molar-refractivity contribution in [2.75, 3.05) is 18.4 Å². The van der Waals surface area contributed by atoms with Gasteiger partial charge in [0.2, 0.25) is 5.91 Å². The Morgan fingerprint density at radius 3 is 2.88 bits per heavy atom. The van der Waals surface area contributed by atoms with Crippen LogP contribution in [0.4, 0.5) is 10.5 Å². The zero-order valence-corrected chi connectivity index (χ0v) is 14.5. The molecule has 1 aliphatic heterocycles. The van der Waals surface area contributed by atoms with Gasteiger partial charge in [0, 0.05) is 59.4 Å². The fourth-order valence-electron chi connectivity index (χ4n) is 3.35. The average Bonchev–Trinajstić information content (AvgIpc) is 3.31. The molecule has 1 saturated heterocycles. The second-order valence-corrected chi connectivity index (χ2v) is 7.09. The maximum Gasteiger partial charge on any atom is 0.407 e. The Morgan fingerprint density at radius 2 is 2.12 bits per heavy atom. The molecule has 8 heteroatoms. The smallest absolute Gasteiger partial charge is 0.407 e. The summed E-state index contributed by atoms with van der Waals surface area (Å²) < 4.78 is 0. The van der Waals surface area contributed by atoms with Crippen LogP contribution in [0.1, 0.15) is 10.9 Å². The SMILES string of the molecule is O=C(Nc1cccc2cnccc12)[C@H]1CN(C(=O)O)C[C@@H]1c1nccs1. The number of nitrogens with one attached hydrogen (secondary N) is 1. The number of amides is 2. The van der Waals surface area contributed by atoms with E-state index in [4.69, 9.17) is 0 Å². The van der Waals surface area contributed by atoms with Crippen LogP contribution in [-0.2, 0) is 4.79 Å². The van der Waals surface area contributed by atoms with E-state index in [-0.39, 0.29) is 24.9 Å². The number of aromatic nitrogens is 2. The number of benzene rings is 1. The molecule has 1 fully saturated rings. The normalized spacial score (nSPS) is 19.6. The van der Waals surface area contributed by atoms with E-state index < -0.39 is 12.0 Å². The Balaban J connectivity index is 1.62. The molecule has 0 radical (unpaired) electrons. The maximum absolute atomic E-state index is 13.0. The molecule has 0 saturated carbocycles. The van der Waals surface area contributed by atoms with Crippen molar-refractivity contribution >= 4 is 39.8 Å². The van der Waals surface area contributed by atoms with Crippen molar-refractivity contribution in [3.8, 4) is 0 Å². The Labute approximate surface area is 153 Å². The molecule has 0 unspecified atom stereocenters. The summed E-state index contributed by atoms with van der Waals surface area (Å²) in [5, 5.41) is 16.8. The van der Waals surface area contributed by atoms with Gasteiger partial charge in [0.25, 0.3) is 0 Å². The quantitative estimate of drug-likeness (QED) is 0.741. The van der Waals surface area contributed by atoms with E-state index in [0.29, 0.717) is 5.69 Å². The third-order valence-electron chi connectivity index (χ3n) is 4.63. The molecule has 1 aromatic carbocycles. The van der Waals surface area contributed by atoms with Crippen molar-refractivity contribution in [2.24, 2.45) is 5.92 Å². The molecule has 4 rings (SSSR count). The number of carboxylic acid groups (broad SMARTS) is 1. The molecule has 132 valence electrons. The number of nitrogens with zero attached hydrogens (tertiary/aromatic N) is 3. The number of rotatable bonds is 3. The van der Waals surface area contributed by atoms with Crippen LogP contribution in [0.2, 0.25) is 0 Å². The highest BCUT2D eigenvalue weighted by atomic mass is 32.1. The Hall–Kier alpha value is -3.00. The molecule has 3 aromatic rings. The van der Waals surface area contributed by atoms with Crippen LogP contribution in [0.3, 0.4) is 0 Å². The lowest BCUT2D eigenvalue weighted by Gasteiger charge is -2.16. The standard InChI is InChI=1S/C18H16N4O3S/c23-16(21-15-3-1-2-11-8-19-5-4-12(11)15)13-9-22(18(24)25)10-14(13)17-20-6-7-26-17/h1-8,13-14H,9-10H2,(H,21,23)(H,24,25)/t13-,14-/m0/s1. The number of hydrogen-bond acceptors (Lipinski definition) is 5. The third kappa shape index (κ3) is 2.99. The fourth-order valence-corrected chi connectivity index (χ4v) is 4.15. The molecule has 7 nitrogen and oxygen atoms in total. The summed E-state index contributed by atoms with van der Waals surface area (Å²) >= 11 is 1.44. The van der Waals surface area contributed by atoms with E-state index in [2.05, 4.69) is 15.3 Å². The van der Waals surface area contributed by atoms with Gasteiger partial charge in [-0.1, -0.05) is 12.1 Å². The molecular weight excluding hydrogens is 352 g/mol. The van der Waals surface area contributed by atoms with Crippen molar-refractivity contribution in [1.82, 2.24) is 14.9 Å². The summed E-state index contributed by atoms with van der Waals surface area (Å²) in [6.45, 7) is 0.443. The van der Waals surface area contributed by atoms with Crippen LogP contribution in [0.15, 0.2) is 48.2 Å². The van der Waals surface area contributed by atoms with Crippen molar-refractivity contribution in [3.63, 3.8) is 0 Å². The van der Waals surface area contributed by atoms with Crippen LogP contribution in [0.25, 0.3) is 10.8 Å².